The van der Waals surface area contributed by atoms with Gasteiger partial charge in [-0.2, -0.15) is 0 Å². The Morgan fingerprint density at radius 3 is 2.21 bits per heavy atom. The first-order valence-electron chi connectivity index (χ1n) is 9.38. The molecular formula is C21H28N2O5S. The van der Waals surface area contributed by atoms with Crippen LogP contribution in [0.2, 0.25) is 0 Å². The highest BCUT2D eigenvalue weighted by Gasteiger charge is 2.22. The number of hydrogen-bond donors (Lipinski definition) is 2. The highest BCUT2D eigenvalue weighted by Crippen LogP contribution is 2.22. The highest BCUT2D eigenvalue weighted by molar-refractivity contribution is 7.89. The molecule has 29 heavy (non-hydrogen) atoms. The van der Waals surface area contributed by atoms with Crippen molar-refractivity contribution in [3.05, 3.63) is 54.6 Å². The standard InChI is InChI=1S/C21H28N2O5S/c1-21(2,3)28-20(24)19(22)10-7-15-23-29(25,26)18-13-11-17(12-14-18)27-16-8-5-4-6-9-16/h4-6,8-9,11-14,19,23H,7,10,15,22H2,1-3H3. The fraction of sp³-hybridized carbons (Fsp3) is 0.381. The van der Waals surface area contributed by atoms with Gasteiger partial charge in [-0.1, -0.05) is 18.2 Å². The third kappa shape index (κ3) is 7.84. The fourth-order valence-corrected chi connectivity index (χ4v) is 3.49. The van der Waals surface area contributed by atoms with Gasteiger partial charge in [-0.15, -0.1) is 0 Å². The second-order valence-corrected chi connectivity index (χ2v) is 9.33. The second kappa shape index (κ2) is 9.87. The number of nitrogens with one attached hydrogen (secondary N) is 1. The second-order valence-electron chi connectivity index (χ2n) is 7.57. The number of ether oxygens (including phenoxy) is 2. The van der Waals surface area contributed by atoms with Gasteiger partial charge in [0.15, 0.2) is 0 Å². The molecule has 158 valence electrons. The molecule has 1 atom stereocenters. The number of para-hydroxylation sites is 1. The first-order valence-corrected chi connectivity index (χ1v) is 10.9. The number of carbonyl (C=O) groups is 1. The fourth-order valence-electron chi connectivity index (χ4n) is 2.42. The molecule has 0 fully saturated rings. The summed E-state index contributed by atoms with van der Waals surface area (Å²) < 4.78 is 38.2. The topological polar surface area (TPSA) is 108 Å². The maximum Gasteiger partial charge on any atom is 0.323 e. The van der Waals surface area contributed by atoms with E-state index in [0.717, 1.165) is 0 Å². The molecule has 0 saturated carbocycles. The van der Waals surface area contributed by atoms with Crippen molar-refractivity contribution in [2.45, 2.75) is 50.2 Å². The maximum atomic E-state index is 12.4. The van der Waals surface area contributed by atoms with Crippen molar-refractivity contribution < 1.29 is 22.7 Å². The van der Waals surface area contributed by atoms with E-state index in [0.29, 0.717) is 24.3 Å². The Balaban J connectivity index is 1.82. The minimum absolute atomic E-state index is 0.134. The summed E-state index contributed by atoms with van der Waals surface area (Å²) in [7, 11) is -3.66. The number of nitrogens with two attached hydrogens (primary N) is 1. The molecular weight excluding hydrogens is 392 g/mol. The molecule has 8 heteroatoms. The molecule has 7 nitrogen and oxygen atoms in total. The van der Waals surface area contributed by atoms with Crippen molar-refractivity contribution in [2.24, 2.45) is 5.73 Å². The van der Waals surface area contributed by atoms with E-state index in [1.54, 1.807) is 32.9 Å². The van der Waals surface area contributed by atoms with Crippen LogP contribution in [0.5, 0.6) is 11.5 Å². The zero-order chi connectivity index (χ0) is 21.5. The van der Waals surface area contributed by atoms with Crippen LogP contribution < -0.4 is 15.2 Å². The maximum absolute atomic E-state index is 12.4. The van der Waals surface area contributed by atoms with Crippen LogP contribution in [-0.2, 0) is 19.6 Å². The lowest BCUT2D eigenvalue weighted by Gasteiger charge is -2.22. The molecule has 0 aromatic heterocycles. The number of rotatable bonds is 9. The van der Waals surface area contributed by atoms with Crippen LogP contribution in [-0.4, -0.2) is 32.6 Å². The number of carbonyl (C=O) groups excluding carboxylic acids is 1. The van der Waals surface area contributed by atoms with Crippen molar-refractivity contribution >= 4 is 16.0 Å². The smallest absolute Gasteiger partial charge is 0.323 e. The van der Waals surface area contributed by atoms with E-state index in [-0.39, 0.29) is 11.4 Å². The molecule has 0 aliphatic carbocycles. The van der Waals surface area contributed by atoms with Crippen molar-refractivity contribution in [3.8, 4) is 11.5 Å². The molecule has 0 bridgehead atoms. The summed E-state index contributed by atoms with van der Waals surface area (Å²) >= 11 is 0. The van der Waals surface area contributed by atoms with E-state index in [1.807, 2.05) is 30.3 Å². The van der Waals surface area contributed by atoms with Crippen LogP contribution in [0.4, 0.5) is 0 Å². The quantitative estimate of drug-likeness (QED) is 0.476. The summed E-state index contributed by atoms with van der Waals surface area (Å²) in [5.41, 5.74) is 5.20. The van der Waals surface area contributed by atoms with Gasteiger partial charge in [0, 0.05) is 6.54 Å². The molecule has 0 aliphatic heterocycles. The van der Waals surface area contributed by atoms with Crippen molar-refractivity contribution in [2.75, 3.05) is 6.54 Å². The predicted octanol–water partition coefficient (Wildman–Crippen LogP) is 3.21. The van der Waals surface area contributed by atoms with E-state index in [1.165, 1.54) is 12.1 Å². The molecule has 0 spiro atoms. The average Bonchev–Trinajstić information content (AvgIpc) is 2.65. The minimum Gasteiger partial charge on any atom is -0.459 e. The zero-order valence-corrected chi connectivity index (χ0v) is 17.7. The first kappa shape index (κ1) is 22.9. The van der Waals surface area contributed by atoms with E-state index in [2.05, 4.69) is 4.72 Å². The molecule has 2 rings (SSSR count). The van der Waals surface area contributed by atoms with Gasteiger partial charge >= 0.3 is 5.97 Å². The summed E-state index contributed by atoms with van der Waals surface area (Å²) in [5.74, 6) is 0.718. The van der Waals surface area contributed by atoms with E-state index in [4.69, 9.17) is 15.2 Å². The molecule has 3 N–H and O–H groups in total. The summed E-state index contributed by atoms with van der Waals surface area (Å²) in [4.78, 5) is 12.0. The highest BCUT2D eigenvalue weighted by atomic mass is 32.2. The van der Waals surface area contributed by atoms with Crippen LogP contribution in [0, 0.1) is 0 Å². The molecule has 1 unspecified atom stereocenters. The Hall–Kier alpha value is -2.42. The number of hydrogen-bond acceptors (Lipinski definition) is 6. The Bertz CT molecular complexity index is 891. The van der Waals surface area contributed by atoms with Crippen molar-refractivity contribution in [1.82, 2.24) is 4.72 Å². The molecule has 0 amide bonds. The monoisotopic (exact) mass is 420 g/mol. The van der Waals surface area contributed by atoms with Crippen LogP contribution in [0.1, 0.15) is 33.6 Å². The predicted molar refractivity (Wildman–Crippen MR) is 111 cm³/mol. The van der Waals surface area contributed by atoms with Gasteiger partial charge in [0.2, 0.25) is 10.0 Å². The lowest BCUT2D eigenvalue weighted by atomic mass is 10.1. The van der Waals surface area contributed by atoms with Crippen molar-refractivity contribution in [1.29, 1.82) is 0 Å². The van der Waals surface area contributed by atoms with Crippen LogP contribution in [0.3, 0.4) is 0 Å². The lowest BCUT2D eigenvalue weighted by molar-refractivity contribution is -0.156. The van der Waals surface area contributed by atoms with Gasteiger partial charge in [0.05, 0.1) is 4.90 Å². The summed E-state index contributed by atoms with van der Waals surface area (Å²) in [6, 6.07) is 14.6. The van der Waals surface area contributed by atoms with Crippen molar-refractivity contribution in [3.63, 3.8) is 0 Å². The molecule has 0 radical (unpaired) electrons. The van der Waals surface area contributed by atoms with Crippen LogP contribution in [0.25, 0.3) is 0 Å². The van der Waals surface area contributed by atoms with Gasteiger partial charge < -0.3 is 15.2 Å². The molecule has 0 aliphatic rings. The Morgan fingerprint density at radius 1 is 1.03 bits per heavy atom. The largest absolute Gasteiger partial charge is 0.459 e. The Kier molecular flexibility index (Phi) is 7.78. The van der Waals surface area contributed by atoms with E-state index < -0.39 is 27.6 Å². The number of esters is 1. The Labute approximate surface area is 172 Å². The first-order chi connectivity index (χ1) is 13.6. The number of benzene rings is 2. The summed E-state index contributed by atoms with van der Waals surface area (Å²) in [5, 5.41) is 0. The third-order valence-electron chi connectivity index (χ3n) is 3.81. The summed E-state index contributed by atoms with van der Waals surface area (Å²) in [6.07, 6.45) is 0.732. The van der Waals surface area contributed by atoms with Crippen LogP contribution in [0.15, 0.2) is 59.5 Å². The summed E-state index contributed by atoms with van der Waals surface area (Å²) in [6.45, 7) is 5.47. The minimum atomic E-state index is -3.66. The average molecular weight is 421 g/mol. The van der Waals surface area contributed by atoms with Gasteiger partial charge in [-0.05, 0) is 70.0 Å². The van der Waals surface area contributed by atoms with Gasteiger partial charge in [0.25, 0.3) is 0 Å². The SMILES string of the molecule is CC(C)(C)OC(=O)C(N)CCCNS(=O)(=O)c1ccc(Oc2ccccc2)cc1. The zero-order valence-electron chi connectivity index (χ0n) is 16.9. The Morgan fingerprint density at radius 2 is 1.62 bits per heavy atom. The third-order valence-corrected chi connectivity index (χ3v) is 5.28. The van der Waals surface area contributed by atoms with E-state index in [9.17, 15) is 13.2 Å². The molecule has 0 saturated heterocycles. The molecule has 0 heterocycles. The lowest BCUT2D eigenvalue weighted by Crippen LogP contribution is -2.38. The van der Waals surface area contributed by atoms with Crippen LogP contribution >= 0.6 is 0 Å². The molecule has 2 aromatic rings. The van der Waals surface area contributed by atoms with Gasteiger partial charge in [0.1, 0.15) is 23.1 Å². The number of sulfonamides is 1. The van der Waals surface area contributed by atoms with Gasteiger partial charge in [-0.25, -0.2) is 13.1 Å². The van der Waals surface area contributed by atoms with Gasteiger partial charge in [-0.3, -0.25) is 4.79 Å². The van der Waals surface area contributed by atoms with E-state index >= 15 is 0 Å². The normalized spacial score (nSPS) is 13.0. The molecule has 2 aromatic carbocycles.